The molecule has 0 aliphatic heterocycles. The summed E-state index contributed by atoms with van der Waals surface area (Å²) in [5, 5.41) is 0. The number of rotatable bonds is 6. The third-order valence-electron chi connectivity index (χ3n) is 3.15. The van der Waals surface area contributed by atoms with E-state index in [9.17, 15) is 4.79 Å². The minimum absolute atomic E-state index is 0.244. The van der Waals surface area contributed by atoms with Gasteiger partial charge in [-0.1, -0.05) is 32.0 Å². The Bertz CT molecular complexity index is 323. The van der Waals surface area contributed by atoms with Crippen molar-refractivity contribution in [2.75, 3.05) is 18.0 Å². The van der Waals surface area contributed by atoms with Crippen LogP contribution in [0, 0.1) is 5.41 Å². The molecule has 1 aromatic rings. The van der Waals surface area contributed by atoms with Crippen molar-refractivity contribution in [3.8, 4) is 0 Å². The smallest absolute Gasteiger partial charge is 0.127 e. The van der Waals surface area contributed by atoms with Crippen LogP contribution in [0.3, 0.4) is 0 Å². The maximum absolute atomic E-state index is 11.1. The van der Waals surface area contributed by atoms with Gasteiger partial charge in [-0.2, -0.15) is 0 Å². The van der Waals surface area contributed by atoms with E-state index in [0.29, 0.717) is 0 Å². The lowest BCUT2D eigenvalue weighted by atomic mass is 9.88. The lowest BCUT2D eigenvalue weighted by molar-refractivity contribution is -0.115. The molecule has 2 heteroatoms. The fourth-order valence-corrected chi connectivity index (χ4v) is 1.69. The number of nitrogens with zero attached hydrogens (tertiary/aromatic N) is 1. The fraction of sp³-hybridized carbons (Fsp3) is 0.500. The second kappa shape index (κ2) is 5.69. The molecule has 0 heterocycles. The van der Waals surface area contributed by atoms with Crippen LogP contribution in [0.1, 0.15) is 27.2 Å². The Morgan fingerprint density at radius 1 is 1.25 bits per heavy atom. The summed E-state index contributed by atoms with van der Waals surface area (Å²) in [4.78, 5) is 13.4. The average molecular weight is 219 g/mol. The van der Waals surface area contributed by atoms with Crippen LogP contribution in [-0.4, -0.2) is 19.4 Å². The van der Waals surface area contributed by atoms with Gasteiger partial charge in [0.15, 0.2) is 0 Å². The Balaban J connectivity index is 2.80. The van der Waals surface area contributed by atoms with Crippen molar-refractivity contribution >= 4 is 12.0 Å². The van der Waals surface area contributed by atoms with Gasteiger partial charge in [-0.15, -0.1) is 0 Å². The molecular weight excluding hydrogens is 198 g/mol. The fourth-order valence-electron chi connectivity index (χ4n) is 1.69. The number of aldehydes is 1. The summed E-state index contributed by atoms with van der Waals surface area (Å²) >= 11 is 0. The highest BCUT2D eigenvalue weighted by Gasteiger charge is 2.24. The first-order valence-corrected chi connectivity index (χ1v) is 5.91. The van der Waals surface area contributed by atoms with E-state index in [0.717, 1.165) is 25.8 Å². The van der Waals surface area contributed by atoms with E-state index in [1.807, 2.05) is 25.1 Å². The lowest BCUT2D eigenvalue weighted by Crippen LogP contribution is -2.36. The van der Waals surface area contributed by atoms with Gasteiger partial charge in [-0.05, 0) is 25.5 Å². The highest BCUT2D eigenvalue weighted by atomic mass is 16.1. The van der Waals surface area contributed by atoms with Crippen LogP contribution >= 0.6 is 0 Å². The Hall–Kier alpha value is -1.31. The summed E-state index contributed by atoms with van der Waals surface area (Å²) < 4.78 is 0. The monoisotopic (exact) mass is 219 g/mol. The van der Waals surface area contributed by atoms with Gasteiger partial charge in [0, 0.05) is 24.2 Å². The topological polar surface area (TPSA) is 20.3 Å². The van der Waals surface area contributed by atoms with Gasteiger partial charge in [0.25, 0.3) is 0 Å². The Labute approximate surface area is 98.3 Å². The third-order valence-corrected chi connectivity index (χ3v) is 3.15. The predicted octanol–water partition coefficient (Wildman–Crippen LogP) is 3.13. The minimum Gasteiger partial charge on any atom is -0.371 e. The van der Waals surface area contributed by atoms with Crippen molar-refractivity contribution in [3.63, 3.8) is 0 Å². The summed E-state index contributed by atoms with van der Waals surface area (Å²) in [6.45, 7) is 7.91. The molecular formula is C14H21NO. The Morgan fingerprint density at radius 2 is 1.88 bits per heavy atom. The number of para-hydroxylation sites is 1. The van der Waals surface area contributed by atoms with E-state index < -0.39 is 0 Å². The van der Waals surface area contributed by atoms with E-state index >= 15 is 0 Å². The van der Waals surface area contributed by atoms with Gasteiger partial charge in [-0.25, -0.2) is 0 Å². The maximum atomic E-state index is 11.1. The number of hydrogen-bond acceptors (Lipinski definition) is 2. The van der Waals surface area contributed by atoms with Crippen molar-refractivity contribution in [2.24, 2.45) is 5.41 Å². The van der Waals surface area contributed by atoms with Crippen molar-refractivity contribution in [2.45, 2.75) is 27.2 Å². The van der Waals surface area contributed by atoms with Crippen LogP contribution in [0.5, 0.6) is 0 Å². The normalized spacial score (nSPS) is 14.2. The van der Waals surface area contributed by atoms with Gasteiger partial charge in [0.05, 0.1) is 0 Å². The van der Waals surface area contributed by atoms with Crippen molar-refractivity contribution in [1.82, 2.24) is 0 Å². The van der Waals surface area contributed by atoms with Crippen LogP contribution in [0.4, 0.5) is 5.69 Å². The van der Waals surface area contributed by atoms with Crippen LogP contribution in [-0.2, 0) is 4.79 Å². The molecule has 0 N–H and O–H groups in total. The summed E-state index contributed by atoms with van der Waals surface area (Å²) in [5.74, 6) is 0. The average Bonchev–Trinajstić information content (AvgIpc) is 2.36. The lowest BCUT2D eigenvalue weighted by Gasteiger charge is -2.31. The molecule has 1 rings (SSSR count). The Kier molecular flexibility index (Phi) is 4.53. The summed E-state index contributed by atoms with van der Waals surface area (Å²) in [7, 11) is 0. The molecule has 0 radical (unpaired) electrons. The summed E-state index contributed by atoms with van der Waals surface area (Å²) in [5.41, 5.74) is 0.942. The number of anilines is 1. The first-order chi connectivity index (χ1) is 7.65. The first-order valence-electron chi connectivity index (χ1n) is 5.91. The van der Waals surface area contributed by atoms with Gasteiger partial charge < -0.3 is 9.69 Å². The quantitative estimate of drug-likeness (QED) is 0.685. The zero-order chi connectivity index (χ0) is 12.0. The van der Waals surface area contributed by atoms with Crippen molar-refractivity contribution in [3.05, 3.63) is 30.3 Å². The predicted molar refractivity (Wildman–Crippen MR) is 68.8 cm³/mol. The molecule has 0 aliphatic carbocycles. The van der Waals surface area contributed by atoms with Gasteiger partial charge in [-0.3, -0.25) is 0 Å². The second-order valence-corrected chi connectivity index (χ2v) is 4.48. The minimum atomic E-state index is -0.244. The summed E-state index contributed by atoms with van der Waals surface area (Å²) in [6, 6.07) is 10.2. The van der Waals surface area contributed by atoms with E-state index in [2.05, 4.69) is 30.9 Å². The molecule has 0 aromatic heterocycles. The molecule has 0 amide bonds. The molecule has 16 heavy (non-hydrogen) atoms. The van der Waals surface area contributed by atoms with Crippen molar-refractivity contribution in [1.29, 1.82) is 0 Å². The molecule has 0 fully saturated rings. The summed E-state index contributed by atoms with van der Waals surface area (Å²) in [6.07, 6.45) is 1.96. The van der Waals surface area contributed by atoms with E-state index in [1.54, 1.807) is 0 Å². The van der Waals surface area contributed by atoms with Crippen LogP contribution < -0.4 is 4.90 Å². The molecule has 0 bridgehead atoms. The first kappa shape index (κ1) is 12.8. The van der Waals surface area contributed by atoms with E-state index in [-0.39, 0.29) is 5.41 Å². The third kappa shape index (κ3) is 3.09. The largest absolute Gasteiger partial charge is 0.371 e. The zero-order valence-electron chi connectivity index (χ0n) is 10.4. The molecule has 0 aliphatic rings. The van der Waals surface area contributed by atoms with E-state index in [1.165, 1.54) is 5.69 Å². The molecule has 0 spiro atoms. The molecule has 2 nitrogen and oxygen atoms in total. The van der Waals surface area contributed by atoms with Crippen molar-refractivity contribution < 1.29 is 4.79 Å². The molecule has 1 unspecified atom stereocenters. The van der Waals surface area contributed by atoms with Gasteiger partial charge in [0.2, 0.25) is 0 Å². The van der Waals surface area contributed by atoms with Gasteiger partial charge >= 0.3 is 0 Å². The zero-order valence-corrected chi connectivity index (χ0v) is 10.4. The molecule has 1 aromatic carbocycles. The Morgan fingerprint density at radius 3 is 2.31 bits per heavy atom. The second-order valence-electron chi connectivity index (χ2n) is 4.48. The van der Waals surface area contributed by atoms with Crippen LogP contribution in [0.15, 0.2) is 30.3 Å². The highest BCUT2D eigenvalue weighted by Crippen LogP contribution is 2.23. The maximum Gasteiger partial charge on any atom is 0.127 e. The van der Waals surface area contributed by atoms with Crippen LogP contribution in [0.2, 0.25) is 0 Å². The van der Waals surface area contributed by atoms with E-state index in [4.69, 9.17) is 0 Å². The molecule has 1 atom stereocenters. The number of benzene rings is 1. The SMILES string of the molecule is CCN(CC(C)(C=O)CC)c1ccccc1. The number of carbonyl (C=O) groups excluding carboxylic acids is 1. The molecule has 0 saturated heterocycles. The molecule has 0 saturated carbocycles. The van der Waals surface area contributed by atoms with Gasteiger partial charge in [0.1, 0.15) is 6.29 Å². The number of hydrogen-bond donors (Lipinski definition) is 0. The highest BCUT2D eigenvalue weighted by molar-refractivity contribution is 5.61. The molecule has 88 valence electrons. The van der Waals surface area contributed by atoms with Crippen LogP contribution in [0.25, 0.3) is 0 Å². The number of carbonyl (C=O) groups is 1. The standard InChI is InChI=1S/C14H21NO/c1-4-14(3,12-16)11-15(5-2)13-9-7-6-8-10-13/h6-10,12H,4-5,11H2,1-3H3.